The van der Waals surface area contributed by atoms with Crippen LogP contribution in [0.4, 0.5) is 0 Å². The summed E-state index contributed by atoms with van der Waals surface area (Å²) in [6.07, 6.45) is 9.33. The minimum Gasteiger partial charge on any atom is -0.300 e. The number of hydrogen-bond acceptors (Lipinski definition) is 3. The van der Waals surface area contributed by atoms with E-state index in [0.29, 0.717) is 12.3 Å². The van der Waals surface area contributed by atoms with Gasteiger partial charge in [0.2, 0.25) is 0 Å². The van der Waals surface area contributed by atoms with Crippen LogP contribution in [0.5, 0.6) is 0 Å². The maximum Gasteiger partial charge on any atom is 0.147 e. The monoisotopic (exact) mass is 246 g/mol. The van der Waals surface area contributed by atoms with Crippen LogP contribution in [0.3, 0.4) is 0 Å². The second-order valence-corrected chi connectivity index (χ2v) is 7.22. The van der Waals surface area contributed by atoms with Crippen LogP contribution in [-0.2, 0) is 14.6 Å². The smallest absolute Gasteiger partial charge is 0.147 e. The molecule has 1 aliphatic rings. The van der Waals surface area contributed by atoms with Crippen LogP contribution in [-0.4, -0.2) is 26.2 Å². The van der Waals surface area contributed by atoms with Gasteiger partial charge in [0.05, 0.1) is 5.75 Å². The molecule has 1 saturated carbocycles. The zero-order valence-corrected chi connectivity index (χ0v) is 10.9. The summed E-state index contributed by atoms with van der Waals surface area (Å²) in [4.78, 5) is 11.5. The Labute approximate surface area is 98.5 Å². The summed E-state index contributed by atoms with van der Waals surface area (Å²) < 4.78 is 21.8. The van der Waals surface area contributed by atoms with Crippen molar-refractivity contribution in [2.75, 3.05) is 12.0 Å². The van der Waals surface area contributed by atoms with Crippen LogP contribution in [0.2, 0.25) is 0 Å². The Balaban J connectivity index is 2.14. The van der Waals surface area contributed by atoms with Crippen LogP contribution in [0.1, 0.15) is 51.4 Å². The molecule has 0 aromatic heterocycles. The normalized spacial score (nSPS) is 18.6. The van der Waals surface area contributed by atoms with E-state index in [1.54, 1.807) is 0 Å². The molecule has 0 heterocycles. The minimum atomic E-state index is -2.98. The SMILES string of the molecule is CS(=O)(=O)CCC(=O)CCC1CCCCC1. The van der Waals surface area contributed by atoms with Gasteiger partial charge in [-0.25, -0.2) is 8.42 Å². The van der Waals surface area contributed by atoms with E-state index < -0.39 is 9.84 Å². The van der Waals surface area contributed by atoms with E-state index in [-0.39, 0.29) is 18.0 Å². The Morgan fingerprint density at radius 2 is 1.75 bits per heavy atom. The number of sulfone groups is 1. The van der Waals surface area contributed by atoms with E-state index in [0.717, 1.165) is 6.42 Å². The van der Waals surface area contributed by atoms with E-state index in [1.807, 2.05) is 0 Å². The average molecular weight is 246 g/mol. The molecule has 1 aliphatic carbocycles. The Kier molecular flexibility index (Phi) is 5.46. The van der Waals surface area contributed by atoms with Crippen LogP contribution in [0, 0.1) is 5.92 Å². The molecule has 4 heteroatoms. The second-order valence-electron chi connectivity index (χ2n) is 4.96. The van der Waals surface area contributed by atoms with Gasteiger partial charge in [0, 0.05) is 19.1 Å². The lowest BCUT2D eigenvalue weighted by molar-refractivity contribution is -0.119. The fraction of sp³-hybridized carbons (Fsp3) is 0.917. The summed E-state index contributed by atoms with van der Waals surface area (Å²) in [5, 5.41) is 0. The van der Waals surface area contributed by atoms with Crippen molar-refractivity contribution in [1.29, 1.82) is 0 Å². The molecular formula is C12H22O3S. The molecule has 16 heavy (non-hydrogen) atoms. The number of rotatable bonds is 6. The van der Waals surface area contributed by atoms with E-state index in [4.69, 9.17) is 0 Å². The topological polar surface area (TPSA) is 51.2 Å². The molecule has 0 N–H and O–H groups in total. The quantitative estimate of drug-likeness (QED) is 0.723. The first-order valence-corrected chi connectivity index (χ1v) is 8.23. The van der Waals surface area contributed by atoms with Gasteiger partial charge in [-0.2, -0.15) is 0 Å². The van der Waals surface area contributed by atoms with Gasteiger partial charge in [-0.15, -0.1) is 0 Å². The number of hydrogen-bond donors (Lipinski definition) is 0. The summed E-state index contributed by atoms with van der Waals surface area (Å²) in [6.45, 7) is 0. The first-order chi connectivity index (χ1) is 7.47. The molecule has 0 aliphatic heterocycles. The number of carbonyl (C=O) groups excluding carboxylic acids is 1. The summed E-state index contributed by atoms with van der Waals surface area (Å²) in [6, 6.07) is 0. The lowest BCUT2D eigenvalue weighted by Crippen LogP contribution is -2.12. The molecular weight excluding hydrogens is 224 g/mol. The van der Waals surface area contributed by atoms with Crippen molar-refractivity contribution >= 4 is 15.6 Å². The third-order valence-corrected chi connectivity index (χ3v) is 4.25. The van der Waals surface area contributed by atoms with Crippen molar-refractivity contribution in [1.82, 2.24) is 0 Å². The van der Waals surface area contributed by atoms with Crippen LogP contribution < -0.4 is 0 Å². The minimum absolute atomic E-state index is 0.0104. The molecule has 1 fully saturated rings. The number of ketones is 1. The second kappa shape index (κ2) is 6.38. The number of Topliss-reactive ketones (excluding diaryl/α,β-unsaturated/α-hetero) is 1. The van der Waals surface area contributed by atoms with Gasteiger partial charge < -0.3 is 0 Å². The van der Waals surface area contributed by atoms with Gasteiger partial charge in [0.25, 0.3) is 0 Å². The van der Waals surface area contributed by atoms with E-state index in [2.05, 4.69) is 0 Å². The predicted octanol–water partition coefficient (Wildman–Crippen LogP) is 2.35. The molecule has 3 nitrogen and oxygen atoms in total. The van der Waals surface area contributed by atoms with Crippen molar-refractivity contribution in [2.45, 2.75) is 51.4 Å². The van der Waals surface area contributed by atoms with Gasteiger partial charge in [-0.3, -0.25) is 4.79 Å². The standard InChI is InChI=1S/C12H22O3S/c1-16(14,15)10-9-12(13)8-7-11-5-3-2-4-6-11/h11H,2-10H2,1H3. The van der Waals surface area contributed by atoms with Crippen molar-refractivity contribution in [2.24, 2.45) is 5.92 Å². The highest BCUT2D eigenvalue weighted by atomic mass is 32.2. The highest BCUT2D eigenvalue weighted by Crippen LogP contribution is 2.27. The average Bonchev–Trinajstić information content (AvgIpc) is 2.24. The molecule has 0 atom stereocenters. The molecule has 0 radical (unpaired) electrons. The molecule has 0 saturated heterocycles. The van der Waals surface area contributed by atoms with E-state index >= 15 is 0 Å². The Morgan fingerprint density at radius 1 is 1.12 bits per heavy atom. The van der Waals surface area contributed by atoms with Crippen LogP contribution in [0.15, 0.2) is 0 Å². The maximum atomic E-state index is 11.5. The van der Waals surface area contributed by atoms with Gasteiger partial charge in [0.1, 0.15) is 15.6 Å². The zero-order chi connectivity index (χ0) is 12.0. The Bertz CT molecular complexity index is 313. The third-order valence-electron chi connectivity index (χ3n) is 3.31. The zero-order valence-electron chi connectivity index (χ0n) is 10.1. The Hall–Kier alpha value is -0.380. The lowest BCUT2D eigenvalue weighted by Gasteiger charge is -2.20. The van der Waals surface area contributed by atoms with Gasteiger partial charge in [0.15, 0.2) is 0 Å². The third kappa shape index (κ3) is 6.26. The van der Waals surface area contributed by atoms with Crippen molar-refractivity contribution < 1.29 is 13.2 Å². The lowest BCUT2D eigenvalue weighted by atomic mass is 9.85. The van der Waals surface area contributed by atoms with E-state index in [9.17, 15) is 13.2 Å². The Morgan fingerprint density at radius 3 is 2.31 bits per heavy atom. The fourth-order valence-electron chi connectivity index (χ4n) is 2.27. The molecule has 0 aromatic carbocycles. The number of carbonyl (C=O) groups is 1. The molecule has 0 bridgehead atoms. The fourth-order valence-corrected chi connectivity index (χ4v) is 2.86. The summed E-state index contributed by atoms with van der Waals surface area (Å²) in [7, 11) is -2.98. The van der Waals surface area contributed by atoms with Crippen molar-refractivity contribution in [3.05, 3.63) is 0 Å². The molecule has 1 rings (SSSR count). The molecule has 0 unspecified atom stereocenters. The van der Waals surface area contributed by atoms with Crippen molar-refractivity contribution in [3.8, 4) is 0 Å². The maximum absolute atomic E-state index is 11.5. The first-order valence-electron chi connectivity index (χ1n) is 6.17. The largest absolute Gasteiger partial charge is 0.300 e. The molecule has 94 valence electrons. The molecule has 0 amide bonds. The summed E-state index contributed by atoms with van der Waals surface area (Å²) in [5.74, 6) is 0.822. The summed E-state index contributed by atoms with van der Waals surface area (Å²) in [5.41, 5.74) is 0. The van der Waals surface area contributed by atoms with E-state index in [1.165, 1.54) is 38.4 Å². The van der Waals surface area contributed by atoms with Gasteiger partial charge >= 0.3 is 0 Å². The van der Waals surface area contributed by atoms with Crippen LogP contribution >= 0.6 is 0 Å². The highest BCUT2D eigenvalue weighted by Gasteiger charge is 2.15. The highest BCUT2D eigenvalue weighted by molar-refractivity contribution is 7.90. The molecule has 0 spiro atoms. The molecule has 0 aromatic rings. The predicted molar refractivity (Wildman–Crippen MR) is 65.1 cm³/mol. The van der Waals surface area contributed by atoms with Crippen LogP contribution in [0.25, 0.3) is 0 Å². The van der Waals surface area contributed by atoms with Gasteiger partial charge in [-0.05, 0) is 12.3 Å². The summed E-state index contributed by atoms with van der Waals surface area (Å²) >= 11 is 0. The van der Waals surface area contributed by atoms with Crippen molar-refractivity contribution in [3.63, 3.8) is 0 Å². The van der Waals surface area contributed by atoms with Gasteiger partial charge in [-0.1, -0.05) is 32.1 Å². The first kappa shape index (κ1) is 13.7.